The number of amides is 1. The highest BCUT2D eigenvalue weighted by atomic mass is 79.9. The number of rotatable bonds is 8. The van der Waals surface area contributed by atoms with Crippen molar-refractivity contribution < 1.29 is 24.2 Å². The molecular weight excluding hydrogens is 390 g/mol. The zero-order chi connectivity index (χ0) is 18.2. The maximum Gasteiger partial charge on any atom is 0.307 e. The van der Waals surface area contributed by atoms with Gasteiger partial charge in [0.05, 0.1) is 13.0 Å². The number of nitrogens with one attached hydrogen (secondary N) is 1. The van der Waals surface area contributed by atoms with Crippen molar-refractivity contribution in [3.63, 3.8) is 0 Å². The topological polar surface area (TPSA) is 84.9 Å². The van der Waals surface area contributed by atoms with Gasteiger partial charge in [-0.25, -0.2) is 0 Å². The van der Waals surface area contributed by atoms with Crippen molar-refractivity contribution in [3.05, 3.63) is 58.1 Å². The number of ether oxygens (including phenoxy) is 2. The van der Waals surface area contributed by atoms with E-state index in [0.717, 1.165) is 0 Å². The van der Waals surface area contributed by atoms with E-state index in [-0.39, 0.29) is 12.3 Å². The highest BCUT2D eigenvalue weighted by Crippen LogP contribution is 2.23. The Hall–Kier alpha value is -2.38. The number of benzene rings is 2. The third-order valence-electron chi connectivity index (χ3n) is 3.30. The molecule has 25 heavy (non-hydrogen) atoms. The molecule has 0 bridgehead atoms. The second-order valence-electron chi connectivity index (χ2n) is 5.20. The van der Waals surface area contributed by atoms with Gasteiger partial charge in [-0.3, -0.25) is 9.59 Å². The van der Waals surface area contributed by atoms with Crippen LogP contribution in [-0.2, 0) is 16.0 Å². The van der Waals surface area contributed by atoms with Crippen molar-refractivity contribution in [2.24, 2.45) is 0 Å². The summed E-state index contributed by atoms with van der Waals surface area (Å²) >= 11 is 3.35. The minimum Gasteiger partial charge on any atom is -0.491 e. The quantitative estimate of drug-likeness (QED) is 0.655. The first kappa shape index (κ1) is 19.0. The standard InChI is InChI=1S/C18H18BrNO5/c1-24-6-7-25-15-9-13(8-14(19)11-15)18(23)20-16-5-3-2-4-12(16)10-17(21)22/h2-5,8-9,11H,6-7,10H2,1H3,(H,20,23)(H,21,22). The predicted molar refractivity (Wildman–Crippen MR) is 97.2 cm³/mol. The summed E-state index contributed by atoms with van der Waals surface area (Å²) in [4.78, 5) is 23.5. The Morgan fingerprint density at radius 1 is 1.16 bits per heavy atom. The van der Waals surface area contributed by atoms with E-state index in [9.17, 15) is 9.59 Å². The molecule has 0 saturated heterocycles. The number of aliphatic carboxylic acids is 1. The zero-order valence-electron chi connectivity index (χ0n) is 13.6. The van der Waals surface area contributed by atoms with E-state index in [0.29, 0.717) is 40.3 Å². The van der Waals surface area contributed by atoms with Crippen molar-refractivity contribution in [1.82, 2.24) is 0 Å². The number of carboxylic acid groups (broad SMARTS) is 1. The Bertz CT molecular complexity index is 763. The molecule has 0 heterocycles. The second-order valence-corrected chi connectivity index (χ2v) is 6.11. The van der Waals surface area contributed by atoms with Crippen molar-refractivity contribution >= 4 is 33.5 Å². The highest BCUT2D eigenvalue weighted by molar-refractivity contribution is 9.10. The highest BCUT2D eigenvalue weighted by Gasteiger charge is 2.13. The normalized spacial score (nSPS) is 10.3. The molecule has 7 heteroatoms. The molecule has 2 aromatic carbocycles. The van der Waals surface area contributed by atoms with E-state index in [1.165, 1.54) is 0 Å². The number of halogens is 1. The molecule has 0 radical (unpaired) electrons. The summed E-state index contributed by atoms with van der Waals surface area (Å²) in [7, 11) is 1.58. The summed E-state index contributed by atoms with van der Waals surface area (Å²) in [6.07, 6.45) is -0.166. The molecule has 132 valence electrons. The van der Waals surface area contributed by atoms with Gasteiger partial charge in [0.25, 0.3) is 5.91 Å². The first-order chi connectivity index (χ1) is 12.0. The molecule has 2 rings (SSSR count). The molecule has 0 fully saturated rings. The molecule has 0 saturated carbocycles. The van der Waals surface area contributed by atoms with E-state index in [1.54, 1.807) is 49.6 Å². The summed E-state index contributed by atoms with van der Waals surface area (Å²) in [5.74, 6) is -0.774. The number of carbonyl (C=O) groups excluding carboxylic acids is 1. The van der Waals surface area contributed by atoms with Crippen LogP contribution in [0, 0.1) is 0 Å². The van der Waals surface area contributed by atoms with E-state index >= 15 is 0 Å². The number of hydrogen-bond donors (Lipinski definition) is 2. The summed E-state index contributed by atoms with van der Waals surface area (Å²) in [6, 6.07) is 11.8. The maximum atomic E-state index is 12.5. The number of anilines is 1. The smallest absolute Gasteiger partial charge is 0.307 e. The minimum atomic E-state index is -0.960. The SMILES string of the molecule is COCCOc1cc(Br)cc(C(=O)Nc2ccccc2CC(=O)O)c1. The molecule has 0 aliphatic carbocycles. The fourth-order valence-electron chi connectivity index (χ4n) is 2.17. The first-order valence-corrected chi connectivity index (χ1v) is 8.32. The lowest BCUT2D eigenvalue weighted by Gasteiger charge is -2.12. The van der Waals surface area contributed by atoms with Crippen molar-refractivity contribution in [2.75, 3.05) is 25.6 Å². The van der Waals surface area contributed by atoms with Crippen LogP contribution >= 0.6 is 15.9 Å². The van der Waals surface area contributed by atoms with Gasteiger partial charge in [0.15, 0.2) is 0 Å². The van der Waals surface area contributed by atoms with Crippen LogP contribution in [0.15, 0.2) is 46.9 Å². The van der Waals surface area contributed by atoms with E-state index in [2.05, 4.69) is 21.2 Å². The number of carboxylic acids is 1. The monoisotopic (exact) mass is 407 g/mol. The summed E-state index contributed by atoms with van der Waals surface area (Å²) in [5.41, 5.74) is 1.40. The van der Waals surface area contributed by atoms with Crippen LogP contribution in [0.1, 0.15) is 15.9 Å². The van der Waals surface area contributed by atoms with Gasteiger partial charge in [-0.05, 0) is 29.8 Å². The average Bonchev–Trinajstić information content (AvgIpc) is 2.56. The van der Waals surface area contributed by atoms with Crippen LogP contribution in [-0.4, -0.2) is 37.3 Å². The third kappa shape index (κ3) is 5.88. The number of hydrogen-bond acceptors (Lipinski definition) is 4. The lowest BCUT2D eigenvalue weighted by atomic mass is 10.1. The summed E-state index contributed by atoms with van der Waals surface area (Å²) in [5, 5.41) is 11.7. The Labute approximate surface area is 153 Å². The van der Waals surface area contributed by atoms with Crippen LogP contribution < -0.4 is 10.1 Å². The van der Waals surface area contributed by atoms with Crippen LogP contribution in [0.25, 0.3) is 0 Å². The molecule has 0 atom stereocenters. The van der Waals surface area contributed by atoms with Gasteiger partial charge >= 0.3 is 5.97 Å². The van der Waals surface area contributed by atoms with E-state index < -0.39 is 5.97 Å². The second kappa shape index (κ2) is 9.19. The van der Waals surface area contributed by atoms with Gasteiger partial charge in [-0.1, -0.05) is 34.1 Å². The van der Waals surface area contributed by atoms with Gasteiger partial charge in [0.2, 0.25) is 0 Å². The van der Waals surface area contributed by atoms with Gasteiger partial charge in [0.1, 0.15) is 12.4 Å². The fourth-order valence-corrected chi connectivity index (χ4v) is 2.65. The Morgan fingerprint density at radius 3 is 2.64 bits per heavy atom. The Morgan fingerprint density at radius 2 is 1.92 bits per heavy atom. The molecule has 2 aromatic rings. The van der Waals surface area contributed by atoms with Crippen LogP contribution in [0.2, 0.25) is 0 Å². The molecular formula is C18H18BrNO5. The predicted octanol–water partition coefficient (Wildman–Crippen LogP) is 3.35. The van der Waals surface area contributed by atoms with Crippen molar-refractivity contribution in [2.45, 2.75) is 6.42 Å². The summed E-state index contributed by atoms with van der Waals surface area (Å²) < 4.78 is 11.2. The minimum absolute atomic E-state index is 0.166. The van der Waals surface area contributed by atoms with Crippen LogP contribution in [0.3, 0.4) is 0 Å². The molecule has 0 aliphatic rings. The Balaban J connectivity index is 2.17. The number of para-hydroxylation sites is 1. The van der Waals surface area contributed by atoms with Gasteiger partial charge in [-0.2, -0.15) is 0 Å². The van der Waals surface area contributed by atoms with Gasteiger partial charge in [0, 0.05) is 22.8 Å². The fraction of sp³-hybridized carbons (Fsp3) is 0.222. The lowest BCUT2D eigenvalue weighted by molar-refractivity contribution is -0.136. The number of methoxy groups -OCH3 is 1. The molecule has 2 N–H and O–H groups in total. The van der Waals surface area contributed by atoms with Crippen LogP contribution in [0.4, 0.5) is 5.69 Å². The first-order valence-electron chi connectivity index (χ1n) is 7.53. The molecule has 0 aliphatic heterocycles. The average molecular weight is 408 g/mol. The Kier molecular flexibility index (Phi) is 6.97. The maximum absolute atomic E-state index is 12.5. The van der Waals surface area contributed by atoms with Crippen molar-refractivity contribution in [1.29, 1.82) is 0 Å². The summed E-state index contributed by atoms with van der Waals surface area (Å²) in [6.45, 7) is 0.812. The molecule has 1 amide bonds. The lowest BCUT2D eigenvalue weighted by Crippen LogP contribution is -2.15. The van der Waals surface area contributed by atoms with E-state index in [1.807, 2.05) is 0 Å². The van der Waals surface area contributed by atoms with Gasteiger partial charge in [-0.15, -0.1) is 0 Å². The largest absolute Gasteiger partial charge is 0.491 e. The van der Waals surface area contributed by atoms with Gasteiger partial charge < -0.3 is 19.9 Å². The molecule has 6 nitrogen and oxygen atoms in total. The van der Waals surface area contributed by atoms with E-state index in [4.69, 9.17) is 14.6 Å². The van der Waals surface area contributed by atoms with Crippen molar-refractivity contribution in [3.8, 4) is 5.75 Å². The van der Waals surface area contributed by atoms with Crippen LogP contribution in [0.5, 0.6) is 5.75 Å². The zero-order valence-corrected chi connectivity index (χ0v) is 15.2. The third-order valence-corrected chi connectivity index (χ3v) is 3.75. The molecule has 0 aromatic heterocycles. The number of carbonyl (C=O) groups is 2. The molecule has 0 unspecified atom stereocenters. The molecule has 0 spiro atoms.